The zero-order chi connectivity index (χ0) is 21.1. The molecule has 7 nitrogen and oxygen atoms in total. The molecule has 1 radical (unpaired) electrons. The van der Waals surface area contributed by atoms with Gasteiger partial charge >= 0.3 is 5.97 Å². The number of aromatic nitrogens is 3. The molecule has 1 unspecified atom stereocenters. The van der Waals surface area contributed by atoms with Gasteiger partial charge in [-0.3, -0.25) is 4.79 Å². The molecule has 0 saturated heterocycles. The van der Waals surface area contributed by atoms with Crippen molar-refractivity contribution < 1.29 is 14.7 Å². The van der Waals surface area contributed by atoms with Gasteiger partial charge in [0.05, 0.1) is 5.41 Å². The monoisotopic (exact) mass is 435 g/mol. The van der Waals surface area contributed by atoms with E-state index >= 15 is 0 Å². The standard InChI is InChI=1S/C20H21Cl2N4O3/c1-2-10-24-17(27)19(8-4-3-5-9-19)20(18(28)29,26-13-23-12-25-26)15-7-6-14(21)11-16(15)22/h2,6-7,10-13H,3-5,8-9H2,1H3,(H,28,29). The Labute approximate surface area is 178 Å². The lowest BCUT2D eigenvalue weighted by molar-refractivity contribution is -0.162. The van der Waals surface area contributed by atoms with E-state index in [0.29, 0.717) is 30.7 Å². The summed E-state index contributed by atoms with van der Waals surface area (Å²) in [6, 6.07) is 4.57. The molecule has 0 spiro atoms. The largest absolute Gasteiger partial charge is 0.479 e. The maximum Gasteiger partial charge on any atom is 0.337 e. The molecule has 0 aliphatic heterocycles. The number of benzene rings is 1. The van der Waals surface area contributed by atoms with Crippen LogP contribution in [0.3, 0.4) is 0 Å². The molecule has 0 bridgehead atoms. The van der Waals surface area contributed by atoms with Gasteiger partial charge in [-0.1, -0.05) is 54.6 Å². The molecule has 1 amide bonds. The molecule has 1 N–H and O–H groups in total. The highest BCUT2D eigenvalue weighted by Crippen LogP contribution is 2.54. The highest BCUT2D eigenvalue weighted by molar-refractivity contribution is 6.35. The lowest BCUT2D eigenvalue weighted by atomic mass is 9.58. The highest BCUT2D eigenvalue weighted by atomic mass is 35.5. The Morgan fingerprint density at radius 3 is 2.55 bits per heavy atom. The van der Waals surface area contributed by atoms with Crippen molar-refractivity contribution in [2.75, 3.05) is 0 Å². The topological polar surface area (TPSA) is 99.2 Å². The van der Waals surface area contributed by atoms with Crippen molar-refractivity contribution in [2.24, 2.45) is 5.41 Å². The van der Waals surface area contributed by atoms with Crippen molar-refractivity contribution in [1.29, 1.82) is 0 Å². The Morgan fingerprint density at radius 1 is 1.28 bits per heavy atom. The van der Waals surface area contributed by atoms with Gasteiger partial charge in [0.2, 0.25) is 5.54 Å². The maximum atomic E-state index is 13.5. The van der Waals surface area contributed by atoms with E-state index in [-0.39, 0.29) is 10.6 Å². The fourth-order valence-corrected chi connectivity index (χ4v) is 4.88. The number of halogens is 2. The second-order valence-corrected chi connectivity index (χ2v) is 7.88. The fraction of sp³-hybridized carbons (Fsp3) is 0.400. The molecular weight excluding hydrogens is 415 g/mol. The number of carbonyl (C=O) groups excluding carboxylic acids is 1. The van der Waals surface area contributed by atoms with Gasteiger partial charge in [-0.15, -0.1) is 0 Å². The molecule has 1 aliphatic rings. The van der Waals surface area contributed by atoms with Crippen molar-refractivity contribution >= 4 is 35.1 Å². The summed E-state index contributed by atoms with van der Waals surface area (Å²) in [6.45, 7) is 1.74. The van der Waals surface area contributed by atoms with Crippen LogP contribution in [0, 0.1) is 5.41 Å². The molecule has 1 fully saturated rings. The van der Waals surface area contributed by atoms with Crippen molar-refractivity contribution in [3.05, 3.63) is 58.7 Å². The van der Waals surface area contributed by atoms with E-state index in [1.54, 1.807) is 25.1 Å². The van der Waals surface area contributed by atoms with E-state index in [1.807, 2.05) is 0 Å². The molecular formula is C20H21Cl2N4O3. The van der Waals surface area contributed by atoms with Crippen LogP contribution in [-0.2, 0) is 15.1 Å². The number of hydrogen-bond donors (Lipinski definition) is 1. The third-order valence-corrected chi connectivity index (χ3v) is 6.09. The van der Waals surface area contributed by atoms with Crippen molar-refractivity contribution in [3.8, 4) is 0 Å². The maximum absolute atomic E-state index is 13.5. The SMILES string of the molecule is CC=C[N]C(=O)C1(C(C(=O)O)(c2ccc(Cl)cc2Cl)n2cncn2)CCCCC1. The Kier molecular flexibility index (Phi) is 6.29. The average molecular weight is 436 g/mol. The van der Waals surface area contributed by atoms with Crippen LogP contribution in [0.25, 0.3) is 0 Å². The van der Waals surface area contributed by atoms with Gasteiger partial charge in [-0.05, 0) is 31.9 Å². The summed E-state index contributed by atoms with van der Waals surface area (Å²) in [5, 5.41) is 19.4. The quantitative estimate of drug-likeness (QED) is 0.737. The summed E-state index contributed by atoms with van der Waals surface area (Å²) < 4.78 is 1.22. The Hall–Kier alpha value is -2.38. The molecule has 1 saturated carbocycles. The smallest absolute Gasteiger partial charge is 0.337 e. The van der Waals surface area contributed by atoms with E-state index in [2.05, 4.69) is 15.4 Å². The summed E-state index contributed by atoms with van der Waals surface area (Å²) in [7, 11) is 0. The Bertz CT molecular complexity index is 924. The summed E-state index contributed by atoms with van der Waals surface area (Å²) in [6.07, 6.45) is 8.50. The lowest BCUT2D eigenvalue weighted by Gasteiger charge is -2.48. The van der Waals surface area contributed by atoms with Crippen molar-refractivity contribution in [2.45, 2.75) is 44.6 Å². The van der Waals surface area contributed by atoms with Crippen molar-refractivity contribution in [1.82, 2.24) is 20.1 Å². The minimum absolute atomic E-state index is 0.138. The minimum atomic E-state index is -1.92. The van der Waals surface area contributed by atoms with Gasteiger partial charge in [0.1, 0.15) is 12.7 Å². The third kappa shape index (κ3) is 3.42. The number of carboxylic acids is 1. The predicted octanol–water partition coefficient (Wildman–Crippen LogP) is 4.03. The first-order valence-corrected chi connectivity index (χ1v) is 10.1. The van der Waals surface area contributed by atoms with Crippen LogP contribution in [0.5, 0.6) is 0 Å². The zero-order valence-corrected chi connectivity index (χ0v) is 17.4. The number of rotatable bonds is 6. The zero-order valence-electron chi connectivity index (χ0n) is 15.9. The number of allylic oxidation sites excluding steroid dienone is 1. The van der Waals surface area contributed by atoms with Gasteiger partial charge in [-0.25, -0.2) is 19.8 Å². The normalized spacial score (nSPS) is 18.3. The number of hydrogen-bond acceptors (Lipinski definition) is 4. The summed E-state index contributed by atoms with van der Waals surface area (Å²) in [5.74, 6) is -1.77. The van der Waals surface area contributed by atoms with Gasteiger partial charge in [0.15, 0.2) is 0 Å². The average Bonchev–Trinajstić information content (AvgIpc) is 3.23. The molecule has 2 aromatic rings. The van der Waals surface area contributed by atoms with Gasteiger partial charge in [0.25, 0.3) is 5.91 Å². The molecule has 1 aromatic heterocycles. The summed E-state index contributed by atoms with van der Waals surface area (Å²) in [4.78, 5) is 30.5. The van der Waals surface area contributed by atoms with E-state index in [4.69, 9.17) is 23.2 Å². The van der Waals surface area contributed by atoms with Crippen LogP contribution in [0.1, 0.15) is 44.6 Å². The number of amides is 1. The Balaban J connectivity index is 2.39. The highest BCUT2D eigenvalue weighted by Gasteiger charge is 2.65. The van der Waals surface area contributed by atoms with Gasteiger partial charge < -0.3 is 5.11 Å². The van der Waals surface area contributed by atoms with Crippen LogP contribution >= 0.6 is 23.2 Å². The van der Waals surface area contributed by atoms with Crippen LogP contribution in [0.4, 0.5) is 0 Å². The van der Waals surface area contributed by atoms with Crippen molar-refractivity contribution in [3.63, 3.8) is 0 Å². The van der Waals surface area contributed by atoms with Crippen LogP contribution in [0.15, 0.2) is 43.1 Å². The second kappa shape index (κ2) is 8.55. The number of carbonyl (C=O) groups is 2. The molecule has 1 atom stereocenters. The van der Waals surface area contributed by atoms with Crippen LogP contribution in [-0.4, -0.2) is 31.7 Å². The van der Waals surface area contributed by atoms with Gasteiger partial charge in [-0.2, -0.15) is 5.10 Å². The number of aliphatic carboxylic acids is 1. The van der Waals surface area contributed by atoms with Crippen LogP contribution < -0.4 is 5.32 Å². The minimum Gasteiger partial charge on any atom is -0.479 e. The number of carboxylic acid groups (broad SMARTS) is 1. The summed E-state index contributed by atoms with van der Waals surface area (Å²) in [5.41, 5.74) is -3.08. The van der Waals surface area contributed by atoms with E-state index in [0.717, 1.165) is 6.42 Å². The molecule has 3 rings (SSSR count). The first-order valence-electron chi connectivity index (χ1n) is 9.30. The molecule has 1 aromatic carbocycles. The predicted molar refractivity (Wildman–Crippen MR) is 109 cm³/mol. The van der Waals surface area contributed by atoms with E-state index < -0.39 is 22.8 Å². The first-order chi connectivity index (χ1) is 13.9. The first kappa shape index (κ1) is 21.3. The fourth-order valence-electron chi connectivity index (χ4n) is 4.33. The molecule has 1 heterocycles. The molecule has 29 heavy (non-hydrogen) atoms. The Morgan fingerprint density at radius 2 is 2.00 bits per heavy atom. The number of nitrogens with zero attached hydrogens (tertiary/aromatic N) is 4. The van der Waals surface area contributed by atoms with E-state index in [9.17, 15) is 14.7 Å². The molecule has 1 aliphatic carbocycles. The second-order valence-electron chi connectivity index (χ2n) is 7.04. The van der Waals surface area contributed by atoms with E-state index in [1.165, 1.54) is 29.6 Å². The van der Waals surface area contributed by atoms with Crippen LogP contribution in [0.2, 0.25) is 10.0 Å². The lowest BCUT2D eigenvalue weighted by Crippen LogP contribution is -2.62. The summed E-state index contributed by atoms with van der Waals surface area (Å²) >= 11 is 12.6. The third-order valence-electron chi connectivity index (χ3n) is 5.54. The van der Waals surface area contributed by atoms with Gasteiger partial charge in [0, 0.05) is 21.8 Å². The molecule has 153 valence electrons. The molecule has 9 heteroatoms.